The molecule has 1 atom stereocenters. The second-order valence-electron chi connectivity index (χ2n) is 9.17. The number of aromatic amines is 1. The smallest absolute Gasteiger partial charge is 0.329 e. The van der Waals surface area contributed by atoms with E-state index in [0.29, 0.717) is 28.2 Å². The molecule has 2 aliphatic rings. The maximum Gasteiger partial charge on any atom is 0.329 e. The molecule has 0 saturated carbocycles. The van der Waals surface area contributed by atoms with Crippen molar-refractivity contribution in [2.24, 2.45) is 7.05 Å². The minimum absolute atomic E-state index is 0.0181. The number of anilines is 1. The summed E-state index contributed by atoms with van der Waals surface area (Å²) in [6.07, 6.45) is 0. The van der Waals surface area contributed by atoms with Crippen molar-refractivity contribution in [2.45, 2.75) is 32.1 Å². The standard InChI is InChI=1S/C25H23N3O3/c1-25(2,3)14-11-9-13(10-12-14)17-18-20(15-7-5-6-8-16(15)21(18)29)26-22-19(17)23(30)27-24(31)28(22)4/h5-12,17,26H,1-4H3,(H,27,30,31)/t17-/m1/s1. The number of hydrogen-bond donors (Lipinski definition) is 2. The van der Waals surface area contributed by atoms with E-state index < -0.39 is 17.2 Å². The lowest BCUT2D eigenvalue weighted by Gasteiger charge is -2.29. The average molecular weight is 413 g/mol. The van der Waals surface area contributed by atoms with Gasteiger partial charge in [0.2, 0.25) is 0 Å². The Balaban J connectivity index is 1.80. The van der Waals surface area contributed by atoms with Crippen molar-refractivity contribution >= 4 is 17.3 Å². The summed E-state index contributed by atoms with van der Waals surface area (Å²) in [5.41, 5.74) is 3.98. The summed E-state index contributed by atoms with van der Waals surface area (Å²) < 4.78 is 1.39. The summed E-state index contributed by atoms with van der Waals surface area (Å²) in [6.45, 7) is 6.42. The second kappa shape index (κ2) is 6.41. The van der Waals surface area contributed by atoms with E-state index >= 15 is 0 Å². The first kappa shape index (κ1) is 19.3. The van der Waals surface area contributed by atoms with Gasteiger partial charge >= 0.3 is 5.69 Å². The van der Waals surface area contributed by atoms with Gasteiger partial charge in [-0.05, 0) is 16.5 Å². The van der Waals surface area contributed by atoms with Crippen LogP contribution in [0.25, 0.3) is 5.70 Å². The van der Waals surface area contributed by atoms with Gasteiger partial charge in [-0.3, -0.25) is 19.1 Å². The zero-order valence-electron chi connectivity index (χ0n) is 17.9. The molecule has 3 aromatic rings. The molecule has 1 aromatic heterocycles. The van der Waals surface area contributed by atoms with Crippen LogP contribution in [-0.2, 0) is 12.5 Å². The highest BCUT2D eigenvalue weighted by molar-refractivity contribution is 6.23. The molecule has 0 fully saturated rings. The lowest BCUT2D eigenvalue weighted by Crippen LogP contribution is -2.37. The molecule has 6 heteroatoms. The minimum atomic E-state index is -0.573. The van der Waals surface area contributed by atoms with Crippen molar-refractivity contribution < 1.29 is 4.79 Å². The van der Waals surface area contributed by atoms with Crippen molar-refractivity contribution in [3.05, 3.63) is 103 Å². The van der Waals surface area contributed by atoms with E-state index in [1.54, 1.807) is 13.1 Å². The number of Topliss-reactive ketones (excluding diaryl/α,β-unsaturated/α-hetero) is 1. The maximum atomic E-state index is 13.4. The third kappa shape index (κ3) is 2.75. The summed E-state index contributed by atoms with van der Waals surface area (Å²) >= 11 is 0. The Morgan fingerprint density at radius 1 is 0.903 bits per heavy atom. The fourth-order valence-electron chi connectivity index (χ4n) is 4.54. The molecule has 31 heavy (non-hydrogen) atoms. The van der Waals surface area contributed by atoms with Crippen LogP contribution in [0.1, 0.15) is 59.3 Å². The van der Waals surface area contributed by atoms with Crippen LogP contribution >= 0.6 is 0 Å². The predicted molar refractivity (Wildman–Crippen MR) is 121 cm³/mol. The van der Waals surface area contributed by atoms with E-state index in [9.17, 15) is 14.4 Å². The van der Waals surface area contributed by atoms with Gasteiger partial charge in [0.25, 0.3) is 5.56 Å². The third-order valence-corrected chi connectivity index (χ3v) is 6.25. The first-order valence-electron chi connectivity index (χ1n) is 10.3. The Bertz CT molecular complexity index is 1400. The highest BCUT2D eigenvalue weighted by atomic mass is 16.2. The molecule has 2 aromatic carbocycles. The first-order valence-corrected chi connectivity index (χ1v) is 10.3. The van der Waals surface area contributed by atoms with Crippen LogP contribution in [0.5, 0.6) is 0 Å². The molecule has 156 valence electrons. The fraction of sp³-hybridized carbons (Fsp3) is 0.240. The quantitative estimate of drug-likeness (QED) is 0.639. The number of hydrogen-bond acceptors (Lipinski definition) is 4. The van der Waals surface area contributed by atoms with E-state index in [1.165, 1.54) is 4.57 Å². The Hall–Kier alpha value is -3.67. The van der Waals surface area contributed by atoms with Crippen LogP contribution in [0, 0.1) is 0 Å². The molecule has 0 amide bonds. The summed E-state index contributed by atoms with van der Waals surface area (Å²) in [5.74, 6) is -0.250. The van der Waals surface area contributed by atoms with Gasteiger partial charge in [-0.1, -0.05) is 69.3 Å². The van der Waals surface area contributed by atoms with Gasteiger partial charge in [0.15, 0.2) is 5.78 Å². The lowest BCUT2D eigenvalue weighted by molar-refractivity contribution is 0.103. The molecule has 6 nitrogen and oxygen atoms in total. The highest BCUT2D eigenvalue weighted by Crippen LogP contribution is 2.47. The van der Waals surface area contributed by atoms with Gasteiger partial charge in [0, 0.05) is 29.7 Å². The lowest BCUT2D eigenvalue weighted by atomic mass is 9.80. The van der Waals surface area contributed by atoms with E-state index in [-0.39, 0.29) is 11.2 Å². The average Bonchev–Trinajstić information content (AvgIpc) is 3.02. The van der Waals surface area contributed by atoms with Gasteiger partial charge in [-0.2, -0.15) is 0 Å². The number of fused-ring (bicyclic) bond motifs is 3. The Morgan fingerprint density at radius 3 is 2.19 bits per heavy atom. The van der Waals surface area contributed by atoms with Crippen LogP contribution < -0.4 is 16.6 Å². The van der Waals surface area contributed by atoms with Crippen molar-refractivity contribution in [1.29, 1.82) is 0 Å². The maximum absolute atomic E-state index is 13.4. The Kier molecular flexibility index (Phi) is 3.99. The summed E-state index contributed by atoms with van der Waals surface area (Å²) in [7, 11) is 1.61. The van der Waals surface area contributed by atoms with Crippen molar-refractivity contribution in [3.8, 4) is 0 Å². The number of benzene rings is 2. The second-order valence-corrected chi connectivity index (χ2v) is 9.17. The number of allylic oxidation sites excluding steroid dienone is 1. The molecule has 2 N–H and O–H groups in total. The van der Waals surface area contributed by atoms with Crippen LogP contribution in [0.15, 0.2) is 63.7 Å². The molecule has 1 aliphatic heterocycles. The third-order valence-electron chi connectivity index (χ3n) is 6.25. The van der Waals surface area contributed by atoms with Gasteiger partial charge in [-0.25, -0.2) is 4.79 Å². The van der Waals surface area contributed by atoms with E-state index in [1.807, 2.05) is 42.5 Å². The molecule has 0 unspecified atom stereocenters. The fourth-order valence-corrected chi connectivity index (χ4v) is 4.54. The minimum Gasteiger partial charge on any atom is -0.340 e. The molecule has 0 saturated heterocycles. The Labute approximate surface area is 179 Å². The highest BCUT2D eigenvalue weighted by Gasteiger charge is 2.42. The molecular formula is C25H23N3O3. The topological polar surface area (TPSA) is 84.0 Å². The number of aromatic nitrogens is 2. The van der Waals surface area contributed by atoms with Crippen LogP contribution in [0.2, 0.25) is 0 Å². The largest absolute Gasteiger partial charge is 0.340 e. The van der Waals surface area contributed by atoms with Gasteiger partial charge < -0.3 is 5.32 Å². The number of rotatable bonds is 1. The van der Waals surface area contributed by atoms with E-state index in [0.717, 1.165) is 16.7 Å². The van der Waals surface area contributed by atoms with E-state index in [2.05, 4.69) is 31.1 Å². The van der Waals surface area contributed by atoms with E-state index in [4.69, 9.17) is 0 Å². The van der Waals surface area contributed by atoms with Crippen LogP contribution in [0.3, 0.4) is 0 Å². The first-order chi connectivity index (χ1) is 14.7. The Morgan fingerprint density at radius 2 is 1.55 bits per heavy atom. The van der Waals surface area contributed by atoms with Gasteiger partial charge in [0.1, 0.15) is 5.82 Å². The van der Waals surface area contributed by atoms with Crippen LogP contribution in [-0.4, -0.2) is 15.3 Å². The van der Waals surface area contributed by atoms with Gasteiger partial charge in [0.05, 0.1) is 11.3 Å². The molecule has 0 spiro atoms. The number of ketones is 1. The molecule has 0 bridgehead atoms. The summed E-state index contributed by atoms with van der Waals surface area (Å²) in [5, 5.41) is 3.23. The molecule has 5 rings (SSSR count). The van der Waals surface area contributed by atoms with Crippen molar-refractivity contribution in [3.63, 3.8) is 0 Å². The predicted octanol–water partition coefficient (Wildman–Crippen LogP) is 3.54. The SMILES string of the molecule is Cn1c2c(c(=O)[nH]c1=O)[C@H](c1ccc(C(C)(C)C)cc1)C1=C(N2)c2ccccc2C1=O. The normalized spacial score (nSPS) is 17.2. The number of carbonyl (C=O) groups excluding carboxylic acids is 1. The monoisotopic (exact) mass is 413 g/mol. The summed E-state index contributed by atoms with van der Waals surface area (Å²) in [6, 6.07) is 15.4. The number of H-pyrrole nitrogens is 1. The molecule has 0 radical (unpaired) electrons. The number of carbonyl (C=O) groups is 1. The molecule has 1 aliphatic carbocycles. The van der Waals surface area contributed by atoms with Crippen LogP contribution in [0.4, 0.5) is 5.82 Å². The number of nitrogens with one attached hydrogen (secondary N) is 2. The van der Waals surface area contributed by atoms with Gasteiger partial charge in [-0.15, -0.1) is 0 Å². The van der Waals surface area contributed by atoms with Crippen molar-refractivity contribution in [2.75, 3.05) is 5.32 Å². The molecular weight excluding hydrogens is 390 g/mol. The molecule has 2 heterocycles. The zero-order valence-corrected chi connectivity index (χ0v) is 17.9. The number of nitrogens with zero attached hydrogens (tertiary/aromatic N) is 1. The van der Waals surface area contributed by atoms with Crippen molar-refractivity contribution in [1.82, 2.24) is 9.55 Å². The zero-order chi connectivity index (χ0) is 22.1. The summed E-state index contributed by atoms with van der Waals surface area (Å²) in [4.78, 5) is 41.1.